The number of benzene rings is 1. The van der Waals surface area contributed by atoms with Crippen molar-refractivity contribution in [3.63, 3.8) is 0 Å². The first-order chi connectivity index (χ1) is 10.0. The van der Waals surface area contributed by atoms with E-state index in [2.05, 4.69) is 10.2 Å². The number of thioether (sulfide) groups is 2. The van der Waals surface area contributed by atoms with Crippen molar-refractivity contribution < 1.29 is 9.90 Å². The lowest BCUT2D eigenvalue weighted by molar-refractivity contribution is -0.133. The van der Waals surface area contributed by atoms with Crippen LogP contribution in [-0.4, -0.2) is 37.8 Å². The van der Waals surface area contributed by atoms with Crippen molar-refractivity contribution in [2.75, 3.05) is 12.0 Å². The highest BCUT2D eigenvalue weighted by atomic mass is 32.2. The van der Waals surface area contributed by atoms with Crippen LogP contribution in [0.2, 0.25) is 0 Å². The first-order valence-corrected chi connectivity index (χ1v) is 8.68. The quantitative estimate of drug-likeness (QED) is 0.823. The van der Waals surface area contributed by atoms with Crippen molar-refractivity contribution >= 4 is 29.5 Å². The lowest BCUT2D eigenvalue weighted by Crippen LogP contribution is -2.06. The van der Waals surface area contributed by atoms with Crippen molar-refractivity contribution in [2.24, 2.45) is 0 Å². The molecule has 1 aromatic carbocycles. The summed E-state index contributed by atoms with van der Waals surface area (Å²) in [5.74, 6) is 0.147. The van der Waals surface area contributed by atoms with Gasteiger partial charge in [0.05, 0.1) is 5.75 Å². The lowest BCUT2D eigenvalue weighted by atomic mass is 10.2. The summed E-state index contributed by atoms with van der Waals surface area (Å²) in [5.41, 5.74) is 0.953. The van der Waals surface area contributed by atoms with Crippen molar-refractivity contribution in [1.29, 1.82) is 0 Å². The zero-order valence-corrected chi connectivity index (χ0v) is 13.7. The van der Waals surface area contributed by atoms with E-state index in [-0.39, 0.29) is 11.7 Å². The van der Waals surface area contributed by atoms with Crippen molar-refractivity contribution in [3.8, 4) is 5.69 Å². The molecule has 2 aromatic rings. The molecule has 0 saturated heterocycles. The van der Waals surface area contributed by atoms with E-state index < -0.39 is 5.97 Å². The third-order valence-electron chi connectivity index (χ3n) is 2.83. The highest BCUT2D eigenvalue weighted by Crippen LogP contribution is 2.26. The third-order valence-corrected chi connectivity index (χ3v) is 4.49. The maximum Gasteiger partial charge on any atom is 0.313 e. The molecule has 0 aliphatic rings. The Morgan fingerprint density at radius 1 is 1.29 bits per heavy atom. The van der Waals surface area contributed by atoms with Gasteiger partial charge in [-0.1, -0.05) is 25.6 Å². The van der Waals surface area contributed by atoms with Crippen LogP contribution in [0.1, 0.15) is 25.6 Å². The van der Waals surface area contributed by atoms with E-state index in [1.807, 2.05) is 48.9 Å². The van der Waals surface area contributed by atoms with Crippen LogP contribution in [0.25, 0.3) is 5.69 Å². The van der Waals surface area contributed by atoms with E-state index >= 15 is 0 Å². The summed E-state index contributed by atoms with van der Waals surface area (Å²) in [6.45, 7) is 4.09. The molecule has 0 aliphatic heterocycles. The van der Waals surface area contributed by atoms with Crippen LogP contribution in [-0.2, 0) is 4.79 Å². The molecule has 0 atom stereocenters. The number of aromatic nitrogens is 3. The Labute approximate surface area is 132 Å². The third kappa shape index (κ3) is 3.79. The minimum Gasteiger partial charge on any atom is -0.481 e. The molecule has 0 bridgehead atoms. The van der Waals surface area contributed by atoms with Crippen LogP contribution >= 0.6 is 23.5 Å². The van der Waals surface area contributed by atoms with E-state index in [0.717, 1.165) is 11.5 Å². The fourth-order valence-electron chi connectivity index (χ4n) is 1.85. The molecule has 0 saturated carbocycles. The second-order valence-corrected chi connectivity index (χ2v) is 6.53. The summed E-state index contributed by atoms with van der Waals surface area (Å²) < 4.78 is 1.93. The van der Waals surface area contributed by atoms with Gasteiger partial charge in [-0.2, -0.15) is 0 Å². The van der Waals surface area contributed by atoms with E-state index in [9.17, 15) is 4.79 Å². The molecule has 112 valence electrons. The van der Waals surface area contributed by atoms with Gasteiger partial charge in [0.2, 0.25) is 0 Å². The molecule has 1 heterocycles. The fourth-order valence-corrected chi connectivity index (χ4v) is 2.94. The summed E-state index contributed by atoms with van der Waals surface area (Å²) in [6.07, 6.45) is 2.03. The Bertz CT molecular complexity index is 624. The van der Waals surface area contributed by atoms with Gasteiger partial charge < -0.3 is 5.11 Å². The van der Waals surface area contributed by atoms with Crippen LogP contribution in [0.3, 0.4) is 0 Å². The molecule has 0 radical (unpaired) electrons. The van der Waals surface area contributed by atoms with Gasteiger partial charge in [-0.15, -0.1) is 22.0 Å². The molecule has 0 fully saturated rings. The molecule has 7 heteroatoms. The molecule has 2 rings (SSSR count). The summed E-state index contributed by atoms with van der Waals surface area (Å²) in [6, 6.07) is 8.09. The smallest absolute Gasteiger partial charge is 0.313 e. The van der Waals surface area contributed by atoms with Crippen molar-refractivity contribution in [1.82, 2.24) is 14.8 Å². The Morgan fingerprint density at radius 3 is 2.48 bits per heavy atom. The Balaban J connectivity index is 2.41. The van der Waals surface area contributed by atoms with E-state index in [1.165, 1.54) is 16.7 Å². The number of aliphatic carboxylic acids is 1. The highest BCUT2D eigenvalue weighted by Gasteiger charge is 2.17. The summed E-state index contributed by atoms with van der Waals surface area (Å²) >= 11 is 2.86. The van der Waals surface area contributed by atoms with Crippen LogP contribution < -0.4 is 0 Å². The Hall–Kier alpha value is -1.47. The molecule has 21 heavy (non-hydrogen) atoms. The predicted octanol–water partition coefficient (Wildman–Crippen LogP) is 3.29. The van der Waals surface area contributed by atoms with Crippen LogP contribution in [0.4, 0.5) is 0 Å². The number of carboxylic acid groups (broad SMARTS) is 1. The molecule has 0 unspecified atom stereocenters. The standard InChI is InChI=1S/C14H17N3O2S2/c1-9(2)13-15-16-14(21-8-12(18)19)17(13)10-4-6-11(20-3)7-5-10/h4-7,9H,8H2,1-3H3,(H,18,19). The predicted molar refractivity (Wildman–Crippen MR) is 85.6 cm³/mol. The molecule has 0 aliphatic carbocycles. The monoisotopic (exact) mass is 323 g/mol. The van der Waals surface area contributed by atoms with Gasteiger partial charge in [0, 0.05) is 16.5 Å². The van der Waals surface area contributed by atoms with E-state index in [0.29, 0.717) is 5.16 Å². The summed E-state index contributed by atoms with van der Waals surface area (Å²) in [7, 11) is 0. The zero-order chi connectivity index (χ0) is 15.4. The molecule has 0 spiro atoms. The van der Waals surface area contributed by atoms with Gasteiger partial charge >= 0.3 is 5.97 Å². The largest absolute Gasteiger partial charge is 0.481 e. The van der Waals surface area contributed by atoms with E-state index in [4.69, 9.17) is 5.11 Å². The van der Waals surface area contributed by atoms with Crippen LogP contribution in [0.15, 0.2) is 34.3 Å². The SMILES string of the molecule is CSc1ccc(-n2c(SCC(=O)O)nnc2C(C)C)cc1. The summed E-state index contributed by atoms with van der Waals surface area (Å²) in [5, 5.41) is 17.8. The normalized spacial score (nSPS) is 11.0. The van der Waals surface area contributed by atoms with Crippen LogP contribution in [0, 0.1) is 0 Å². The minimum atomic E-state index is -0.863. The second-order valence-electron chi connectivity index (χ2n) is 4.71. The lowest BCUT2D eigenvalue weighted by Gasteiger charge is -2.12. The Kier molecular flexibility index (Phi) is 5.30. The Morgan fingerprint density at radius 2 is 1.95 bits per heavy atom. The van der Waals surface area contributed by atoms with Gasteiger partial charge in [0.1, 0.15) is 5.82 Å². The molecule has 1 N–H and O–H groups in total. The topological polar surface area (TPSA) is 68.0 Å². The van der Waals surface area contributed by atoms with Crippen molar-refractivity contribution in [2.45, 2.75) is 29.8 Å². The maximum atomic E-state index is 10.8. The van der Waals surface area contributed by atoms with Crippen LogP contribution in [0.5, 0.6) is 0 Å². The number of rotatable bonds is 6. The number of nitrogens with zero attached hydrogens (tertiary/aromatic N) is 3. The summed E-state index contributed by atoms with van der Waals surface area (Å²) in [4.78, 5) is 11.9. The average molecular weight is 323 g/mol. The van der Waals surface area contributed by atoms with Gasteiger partial charge in [-0.05, 0) is 30.5 Å². The van der Waals surface area contributed by atoms with Gasteiger partial charge in [-0.3, -0.25) is 9.36 Å². The average Bonchev–Trinajstić information content (AvgIpc) is 2.89. The van der Waals surface area contributed by atoms with Gasteiger partial charge in [0.25, 0.3) is 0 Å². The highest BCUT2D eigenvalue weighted by molar-refractivity contribution is 7.99. The molecule has 5 nitrogen and oxygen atoms in total. The zero-order valence-electron chi connectivity index (χ0n) is 12.1. The van der Waals surface area contributed by atoms with Crippen molar-refractivity contribution in [3.05, 3.63) is 30.1 Å². The first-order valence-electron chi connectivity index (χ1n) is 6.47. The first kappa shape index (κ1) is 15.9. The maximum absolute atomic E-state index is 10.8. The molecule has 1 aromatic heterocycles. The number of carboxylic acids is 1. The minimum absolute atomic E-state index is 0.0286. The molecular formula is C14H17N3O2S2. The number of hydrogen-bond donors (Lipinski definition) is 1. The molecular weight excluding hydrogens is 306 g/mol. The fraction of sp³-hybridized carbons (Fsp3) is 0.357. The number of hydrogen-bond acceptors (Lipinski definition) is 5. The second kappa shape index (κ2) is 7.00. The molecule has 0 amide bonds. The van der Waals surface area contributed by atoms with Gasteiger partial charge in [0.15, 0.2) is 5.16 Å². The van der Waals surface area contributed by atoms with E-state index in [1.54, 1.807) is 11.8 Å². The van der Waals surface area contributed by atoms with Gasteiger partial charge in [-0.25, -0.2) is 0 Å². The number of carbonyl (C=O) groups is 1.